The molecule has 0 radical (unpaired) electrons. The Labute approximate surface area is 119 Å². The molecule has 0 aromatic rings. The molecule has 0 aromatic carbocycles. The Hall–Kier alpha value is 0.310. The highest BCUT2D eigenvalue weighted by Gasteiger charge is 2.31. The van der Waals surface area contributed by atoms with Crippen LogP contribution in [0.5, 0.6) is 0 Å². The highest BCUT2D eigenvalue weighted by Crippen LogP contribution is 2.35. The van der Waals surface area contributed by atoms with E-state index in [4.69, 9.17) is 4.74 Å². The van der Waals surface area contributed by atoms with Gasteiger partial charge < -0.3 is 4.74 Å². The van der Waals surface area contributed by atoms with Crippen LogP contribution >= 0.6 is 12.6 Å². The number of hydrogen-bond donors (Lipinski definition) is 1. The molecule has 0 aliphatic heterocycles. The van der Waals surface area contributed by atoms with Crippen LogP contribution in [0.1, 0.15) is 53.9 Å². The van der Waals surface area contributed by atoms with Gasteiger partial charge >= 0.3 is 0 Å². The van der Waals surface area contributed by atoms with Crippen molar-refractivity contribution < 1.29 is 4.74 Å². The van der Waals surface area contributed by atoms with Gasteiger partial charge in [0.25, 0.3) is 0 Å². The van der Waals surface area contributed by atoms with Gasteiger partial charge in [0.1, 0.15) is 0 Å². The normalized spacial score (nSPS) is 31.0. The predicted octanol–water partition coefficient (Wildman–Crippen LogP) is 4.67. The van der Waals surface area contributed by atoms with Crippen LogP contribution in [0.15, 0.2) is 0 Å². The summed E-state index contributed by atoms with van der Waals surface area (Å²) in [4.78, 5) is 0. The zero-order valence-electron chi connectivity index (χ0n) is 12.9. The number of rotatable bonds is 6. The Morgan fingerprint density at radius 2 is 1.83 bits per heavy atom. The first-order chi connectivity index (χ1) is 8.45. The average molecular weight is 272 g/mol. The SMILES string of the molecule is CC1CCC(C(C)C)C(OCC(CS)C(C)C)C1. The van der Waals surface area contributed by atoms with Gasteiger partial charge in [0.05, 0.1) is 12.7 Å². The van der Waals surface area contributed by atoms with Crippen molar-refractivity contribution >= 4 is 12.6 Å². The van der Waals surface area contributed by atoms with Crippen molar-refractivity contribution in [1.82, 2.24) is 0 Å². The van der Waals surface area contributed by atoms with Gasteiger partial charge in [-0.15, -0.1) is 0 Å². The van der Waals surface area contributed by atoms with E-state index in [0.29, 0.717) is 17.9 Å². The lowest BCUT2D eigenvalue weighted by Crippen LogP contribution is -2.36. The fraction of sp³-hybridized carbons (Fsp3) is 1.00. The molecule has 4 unspecified atom stereocenters. The Morgan fingerprint density at radius 3 is 2.33 bits per heavy atom. The molecule has 1 rings (SSSR count). The molecule has 1 saturated carbocycles. The van der Waals surface area contributed by atoms with Crippen LogP contribution < -0.4 is 0 Å². The third kappa shape index (κ3) is 4.77. The first-order valence-electron chi connectivity index (χ1n) is 7.68. The minimum atomic E-state index is 0.481. The van der Waals surface area contributed by atoms with Gasteiger partial charge in [-0.25, -0.2) is 0 Å². The van der Waals surface area contributed by atoms with E-state index >= 15 is 0 Å². The summed E-state index contributed by atoms with van der Waals surface area (Å²) in [6.45, 7) is 12.5. The van der Waals surface area contributed by atoms with Crippen molar-refractivity contribution in [3.05, 3.63) is 0 Å². The summed E-state index contributed by atoms with van der Waals surface area (Å²) in [5.74, 6) is 4.54. The topological polar surface area (TPSA) is 9.23 Å². The average Bonchev–Trinajstić information content (AvgIpc) is 2.29. The van der Waals surface area contributed by atoms with Gasteiger partial charge in [-0.1, -0.05) is 41.0 Å². The molecule has 0 amide bonds. The molecule has 18 heavy (non-hydrogen) atoms. The van der Waals surface area contributed by atoms with Crippen LogP contribution in [-0.2, 0) is 4.74 Å². The van der Waals surface area contributed by atoms with Crippen LogP contribution in [0.4, 0.5) is 0 Å². The van der Waals surface area contributed by atoms with E-state index in [2.05, 4.69) is 47.2 Å². The number of ether oxygens (including phenoxy) is 1. The third-order valence-electron chi connectivity index (χ3n) is 4.66. The second-order valence-corrected chi connectivity index (χ2v) is 7.25. The smallest absolute Gasteiger partial charge is 0.0608 e. The quantitative estimate of drug-likeness (QED) is 0.692. The van der Waals surface area contributed by atoms with Crippen molar-refractivity contribution in [3.8, 4) is 0 Å². The second kappa shape index (κ2) is 7.79. The van der Waals surface area contributed by atoms with Crippen molar-refractivity contribution in [1.29, 1.82) is 0 Å². The molecule has 0 aromatic heterocycles. The van der Waals surface area contributed by atoms with E-state index in [1.54, 1.807) is 0 Å². The van der Waals surface area contributed by atoms with Gasteiger partial charge in [-0.05, 0) is 48.2 Å². The maximum atomic E-state index is 6.29. The second-order valence-electron chi connectivity index (χ2n) is 6.88. The molecule has 1 fully saturated rings. The van der Waals surface area contributed by atoms with E-state index in [1.165, 1.54) is 19.3 Å². The minimum Gasteiger partial charge on any atom is -0.378 e. The summed E-state index contributed by atoms with van der Waals surface area (Å²) < 4.78 is 6.29. The fourth-order valence-electron chi connectivity index (χ4n) is 3.01. The number of hydrogen-bond acceptors (Lipinski definition) is 2. The first-order valence-corrected chi connectivity index (χ1v) is 8.31. The molecule has 0 N–H and O–H groups in total. The monoisotopic (exact) mass is 272 g/mol. The molecule has 1 aliphatic rings. The summed E-state index contributed by atoms with van der Waals surface area (Å²) in [6.07, 6.45) is 4.45. The number of thiol groups is 1. The zero-order valence-corrected chi connectivity index (χ0v) is 13.7. The van der Waals surface area contributed by atoms with Gasteiger partial charge in [0, 0.05) is 0 Å². The zero-order chi connectivity index (χ0) is 13.7. The Kier molecular flexibility index (Phi) is 7.08. The van der Waals surface area contributed by atoms with E-state index < -0.39 is 0 Å². The molecule has 0 bridgehead atoms. The van der Waals surface area contributed by atoms with Crippen LogP contribution in [-0.4, -0.2) is 18.5 Å². The summed E-state index contributed by atoms with van der Waals surface area (Å²) in [5.41, 5.74) is 0. The van der Waals surface area contributed by atoms with Crippen LogP contribution in [0.3, 0.4) is 0 Å². The lowest BCUT2D eigenvalue weighted by atomic mass is 9.75. The van der Waals surface area contributed by atoms with Crippen molar-refractivity contribution in [2.24, 2.45) is 29.6 Å². The Bertz CT molecular complexity index is 227. The van der Waals surface area contributed by atoms with Gasteiger partial charge in [0.2, 0.25) is 0 Å². The Morgan fingerprint density at radius 1 is 1.17 bits per heavy atom. The molecule has 1 nitrogen and oxygen atoms in total. The fourth-order valence-corrected chi connectivity index (χ4v) is 3.54. The largest absolute Gasteiger partial charge is 0.378 e. The van der Waals surface area contributed by atoms with Crippen molar-refractivity contribution in [2.45, 2.75) is 60.0 Å². The Balaban J connectivity index is 2.50. The lowest BCUT2D eigenvalue weighted by Gasteiger charge is -2.38. The molecule has 4 atom stereocenters. The molecular formula is C16H32OS. The summed E-state index contributed by atoms with van der Waals surface area (Å²) in [7, 11) is 0. The predicted molar refractivity (Wildman–Crippen MR) is 83.3 cm³/mol. The van der Waals surface area contributed by atoms with E-state index in [1.807, 2.05) is 0 Å². The van der Waals surface area contributed by atoms with Gasteiger partial charge in [-0.2, -0.15) is 12.6 Å². The highest BCUT2D eigenvalue weighted by molar-refractivity contribution is 7.80. The summed E-state index contributed by atoms with van der Waals surface area (Å²) in [5, 5.41) is 0. The molecule has 0 heterocycles. The van der Waals surface area contributed by atoms with Gasteiger partial charge in [-0.3, -0.25) is 0 Å². The van der Waals surface area contributed by atoms with Crippen LogP contribution in [0.2, 0.25) is 0 Å². The molecule has 108 valence electrons. The lowest BCUT2D eigenvalue weighted by molar-refractivity contribution is -0.0533. The molecular weight excluding hydrogens is 240 g/mol. The summed E-state index contributed by atoms with van der Waals surface area (Å²) in [6, 6.07) is 0. The highest BCUT2D eigenvalue weighted by atomic mass is 32.1. The molecule has 0 spiro atoms. The molecule has 0 saturated heterocycles. The standard InChI is InChI=1S/C16H32OS/c1-11(2)14(10-18)9-17-16-8-13(5)6-7-15(16)12(3)4/h11-16,18H,6-10H2,1-5H3. The maximum Gasteiger partial charge on any atom is 0.0608 e. The summed E-state index contributed by atoms with van der Waals surface area (Å²) >= 11 is 4.45. The van der Waals surface area contributed by atoms with Crippen LogP contribution in [0, 0.1) is 29.6 Å². The maximum absolute atomic E-state index is 6.29. The van der Waals surface area contributed by atoms with Crippen LogP contribution in [0.25, 0.3) is 0 Å². The van der Waals surface area contributed by atoms with Gasteiger partial charge in [0.15, 0.2) is 0 Å². The third-order valence-corrected chi connectivity index (χ3v) is 5.13. The molecule has 2 heteroatoms. The van der Waals surface area contributed by atoms with E-state index in [-0.39, 0.29) is 0 Å². The van der Waals surface area contributed by atoms with Crippen molar-refractivity contribution in [3.63, 3.8) is 0 Å². The molecule has 1 aliphatic carbocycles. The van der Waals surface area contributed by atoms with E-state index in [0.717, 1.165) is 30.1 Å². The first kappa shape index (κ1) is 16.4. The van der Waals surface area contributed by atoms with Crippen molar-refractivity contribution in [2.75, 3.05) is 12.4 Å². The van der Waals surface area contributed by atoms with E-state index in [9.17, 15) is 0 Å². The minimum absolute atomic E-state index is 0.481.